The summed E-state index contributed by atoms with van der Waals surface area (Å²) in [6.45, 7) is 7.27. The molecule has 22 heavy (non-hydrogen) atoms. The van der Waals surface area contributed by atoms with Gasteiger partial charge in [-0.05, 0) is 43.9 Å². The maximum atomic E-state index is 12.6. The monoisotopic (exact) mass is 305 g/mol. The zero-order valence-corrected chi connectivity index (χ0v) is 13.7. The van der Waals surface area contributed by atoms with Crippen molar-refractivity contribution >= 4 is 5.91 Å². The van der Waals surface area contributed by atoms with Crippen molar-refractivity contribution in [1.82, 2.24) is 14.9 Å². The van der Waals surface area contributed by atoms with Gasteiger partial charge in [-0.3, -0.25) is 14.6 Å². The lowest BCUT2D eigenvalue weighted by atomic mass is 10.1. The molecule has 0 aromatic carbocycles. The third-order valence-corrected chi connectivity index (χ3v) is 4.20. The van der Waals surface area contributed by atoms with Crippen molar-refractivity contribution in [1.29, 1.82) is 0 Å². The number of pyridine rings is 1. The van der Waals surface area contributed by atoms with Gasteiger partial charge in [0, 0.05) is 44.5 Å². The summed E-state index contributed by atoms with van der Waals surface area (Å²) >= 11 is 0. The number of hydrogen-bond acceptors (Lipinski definition) is 4. The quantitative estimate of drug-likeness (QED) is 0.777. The standard InChI is InChI=1S/C17H27N3O2/c1-3-15(2)20(14-16-6-9-18-10-7-16)17(21)8-12-19-11-4-5-13-22-19/h6-7,9-10,15H,3-5,8,11-14H2,1-2H3/t15-/m1/s1. The predicted octanol–water partition coefficient (Wildman–Crippen LogP) is 2.63. The number of hydroxylamine groups is 2. The summed E-state index contributed by atoms with van der Waals surface area (Å²) in [5.74, 6) is 0.195. The highest BCUT2D eigenvalue weighted by Crippen LogP contribution is 2.13. The van der Waals surface area contributed by atoms with Gasteiger partial charge < -0.3 is 4.90 Å². The predicted molar refractivity (Wildman–Crippen MR) is 85.9 cm³/mol. The summed E-state index contributed by atoms with van der Waals surface area (Å²) in [5, 5.41) is 1.93. The molecule has 1 aliphatic heterocycles. The van der Waals surface area contributed by atoms with Gasteiger partial charge in [0.15, 0.2) is 0 Å². The maximum Gasteiger partial charge on any atom is 0.224 e. The SMILES string of the molecule is CC[C@@H](C)N(Cc1ccncc1)C(=O)CCN1CCCCO1. The largest absolute Gasteiger partial charge is 0.336 e. The van der Waals surface area contributed by atoms with E-state index in [0.717, 1.165) is 38.0 Å². The summed E-state index contributed by atoms with van der Waals surface area (Å²) in [6.07, 6.45) is 7.28. The number of hydrogen-bond donors (Lipinski definition) is 0. The van der Waals surface area contributed by atoms with E-state index in [1.165, 1.54) is 0 Å². The molecule has 1 atom stereocenters. The second kappa shape index (κ2) is 8.86. The first kappa shape index (κ1) is 16.9. The Labute approximate surface area is 133 Å². The van der Waals surface area contributed by atoms with Gasteiger partial charge in [-0.25, -0.2) is 0 Å². The fourth-order valence-corrected chi connectivity index (χ4v) is 2.58. The Hall–Kier alpha value is -1.46. The molecule has 5 nitrogen and oxygen atoms in total. The number of amides is 1. The molecule has 122 valence electrons. The fraction of sp³-hybridized carbons (Fsp3) is 0.647. The zero-order chi connectivity index (χ0) is 15.8. The zero-order valence-electron chi connectivity index (χ0n) is 13.7. The molecule has 1 amide bonds. The summed E-state index contributed by atoms with van der Waals surface area (Å²) in [4.78, 5) is 24.2. The summed E-state index contributed by atoms with van der Waals surface area (Å²) in [6, 6.07) is 4.18. The Morgan fingerprint density at radius 2 is 2.18 bits per heavy atom. The van der Waals surface area contributed by atoms with Crippen LogP contribution in [-0.4, -0.2) is 46.6 Å². The van der Waals surface area contributed by atoms with E-state index in [1.807, 2.05) is 22.1 Å². The van der Waals surface area contributed by atoms with Crippen LogP contribution in [0.3, 0.4) is 0 Å². The van der Waals surface area contributed by atoms with Gasteiger partial charge in [-0.1, -0.05) is 6.92 Å². The average molecular weight is 305 g/mol. The van der Waals surface area contributed by atoms with E-state index >= 15 is 0 Å². The van der Waals surface area contributed by atoms with Crippen LogP contribution < -0.4 is 0 Å². The maximum absolute atomic E-state index is 12.6. The van der Waals surface area contributed by atoms with Crippen LogP contribution in [0.1, 0.15) is 45.1 Å². The van der Waals surface area contributed by atoms with E-state index in [2.05, 4.69) is 18.8 Å². The molecule has 1 aliphatic rings. The number of carbonyl (C=O) groups excluding carboxylic acids is 1. The first-order valence-electron chi connectivity index (χ1n) is 8.27. The third kappa shape index (κ3) is 5.07. The summed E-state index contributed by atoms with van der Waals surface area (Å²) < 4.78 is 0. The van der Waals surface area contributed by atoms with Gasteiger partial charge in [-0.15, -0.1) is 0 Å². The Morgan fingerprint density at radius 3 is 2.82 bits per heavy atom. The topological polar surface area (TPSA) is 45.7 Å². The molecule has 1 saturated heterocycles. The van der Waals surface area contributed by atoms with Crippen LogP contribution >= 0.6 is 0 Å². The van der Waals surface area contributed by atoms with E-state index in [0.29, 0.717) is 19.5 Å². The van der Waals surface area contributed by atoms with Crippen LogP contribution in [0, 0.1) is 0 Å². The molecule has 0 aliphatic carbocycles. The Balaban J connectivity index is 1.90. The van der Waals surface area contributed by atoms with Crippen molar-refractivity contribution in [2.45, 2.75) is 52.1 Å². The smallest absolute Gasteiger partial charge is 0.224 e. The molecule has 5 heteroatoms. The number of aromatic nitrogens is 1. The first-order valence-corrected chi connectivity index (χ1v) is 8.27. The van der Waals surface area contributed by atoms with Crippen LogP contribution in [0.5, 0.6) is 0 Å². The molecule has 2 heterocycles. The minimum absolute atomic E-state index is 0.195. The molecule has 1 aromatic heterocycles. The van der Waals surface area contributed by atoms with Crippen LogP contribution in [0.15, 0.2) is 24.5 Å². The lowest BCUT2D eigenvalue weighted by Gasteiger charge is -2.31. The molecule has 0 radical (unpaired) electrons. The average Bonchev–Trinajstić information content (AvgIpc) is 2.58. The van der Waals surface area contributed by atoms with Crippen molar-refractivity contribution in [3.8, 4) is 0 Å². The number of rotatable bonds is 7. The third-order valence-electron chi connectivity index (χ3n) is 4.20. The minimum atomic E-state index is 0.195. The molecule has 0 bridgehead atoms. The number of carbonyl (C=O) groups is 1. The molecule has 0 saturated carbocycles. The molecular formula is C17H27N3O2. The molecular weight excluding hydrogens is 278 g/mol. The second-order valence-electron chi connectivity index (χ2n) is 5.85. The molecule has 1 aromatic rings. The first-order chi connectivity index (χ1) is 10.7. The van der Waals surface area contributed by atoms with E-state index in [4.69, 9.17) is 4.84 Å². The highest BCUT2D eigenvalue weighted by molar-refractivity contribution is 5.76. The van der Waals surface area contributed by atoms with Gasteiger partial charge >= 0.3 is 0 Å². The van der Waals surface area contributed by atoms with Crippen molar-refractivity contribution in [2.75, 3.05) is 19.7 Å². The second-order valence-corrected chi connectivity index (χ2v) is 5.85. The Bertz CT molecular complexity index is 446. The summed E-state index contributed by atoms with van der Waals surface area (Å²) in [7, 11) is 0. The van der Waals surface area contributed by atoms with Crippen LogP contribution in [0.4, 0.5) is 0 Å². The van der Waals surface area contributed by atoms with Crippen molar-refractivity contribution in [3.63, 3.8) is 0 Å². The number of nitrogens with zero attached hydrogens (tertiary/aromatic N) is 3. The lowest BCUT2D eigenvalue weighted by Crippen LogP contribution is -2.40. The van der Waals surface area contributed by atoms with Crippen molar-refractivity contribution in [3.05, 3.63) is 30.1 Å². The molecule has 1 fully saturated rings. The van der Waals surface area contributed by atoms with Gasteiger partial charge in [0.05, 0.1) is 6.61 Å². The minimum Gasteiger partial charge on any atom is -0.336 e. The van der Waals surface area contributed by atoms with Crippen LogP contribution in [0.25, 0.3) is 0 Å². The fourth-order valence-electron chi connectivity index (χ4n) is 2.58. The molecule has 0 N–H and O–H groups in total. The molecule has 0 unspecified atom stereocenters. The van der Waals surface area contributed by atoms with E-state index in [1.54, 1.807) is 12.4 Å². The molecule has 0 spiro atoms. The normalized spacial score (nSPS) is 17.2. The van der Waals surface area contributed by atoms with Gasteiger partial charge in [-0.2, -0.15) is 5.06 Å². The van der Waals surface area contributed by atoms with Crippen molar-refractivity contribution < 1.29 is 9.63 Å². The lowest BCUT2D eigenvalue weighted by molar-refractivity contribution is -0.183. The van der Waals surface area contributed by atoms with E-state index in [9.17, 15) is 4.79 Å². The van der Waals surface area contributed by atoms with E-state index < -0.39 is 0 Å². The highest BCUT2D eigenvalue weighted by atomic mass is 16.7. The van der Waals surface area contributed by atoms with Crippen molar-refractivity contribution in [2.24, 2.45) is 0 Å². The van der Waals surface area contributed by atoms with Gasteiger partial charge in [0.2, 0.25) is 5.91 Å². The Morgan fingerprint density at radius 1 is 1.41 bits per heavy atom. The summed E-state index contributed by atoms with van der Waals surface area (Å²) in [5.41, 5.74) is 1.12. The van der Waals surface area contributed by atoms with Gasteiger partial charge in [0.25, 0.3) is 0 Å². The van der Waals surface area contributed by atoms with E-state index in [-0.39, 0.29) is 11.9 Å². The highest BCUT2D eigenvalue weighted by Gasteiger charge is 2.20. The Kier molecular flexibility index (Phi) is 6.80. The van der Waals surface area contributed by atoms with Crippen LogP contribution in [0.2, 0.25) is 0 Å². The molecule has 2 rings (SSSR count). The van der Waals surface area contributed by atoms with Gasteiger partial charge in [0.1, 0.15) is 0 Å². The van der Waals surface area contributed by atoms with Crippen LogP contribution in [-0.2, 0) is 16.2 Å².